The molecule has 28 heavy (non-hydrogen) atoms. The van der Waals surface area contributed by atoms with Gasteiger partial charge in [0.1, 0.15) is 0 Å². The maximum Gasteiger partial charge on any atom is 0.311 e. The molecular weight excluding hydrogens is 388 g/mol. The van der Waals surface area contributed by atoms with Crippen molar-refractivity contribution in [3.8, 4) is 5.75 Å². The Balaban J connectivity index is 1.94. The van der Waals surface area contributed by atoms with Gasteiger partial charge in [0.05, 0.1) is 26.8 Å². The largest absolute Gasteiger partial charge is 0.502 e. The normalized spacial score (nSPS) is 15.8. The van der Waals surface area contributed by atoms with E-state index in [1.165, 1.54) is 42.5 Å². The van der Waals surface area contributed by atoms with Crippen LogP contribution in [0.2, 0.25) is 0 Å². The van der Waals surface area contributed by atoms with Crippen molar-refractivity contribution < 1.29 is 23.2 Å². The fourth-order valence-electron chi connectivity index (χ4n) is 2.58. The van der Waals surface area contributed by atoms with Gasteiger partial charge in [-0.15, -0.1) is 0 Å². The van der Waals surface area contributed by atoms with E-state index in [-0.39, 0.29) is 10.5 Å². The number of rotatable bonds is 4. The molecule has 0 fully saturated rings. The molecule has 1 amide bonds. The van der Waals surface area contributed by atoms with Crippen LogP contribution in [0.4, 0.5) is 11.4 Å². The maximum atomic E-state index is 12.7. The van der Waals surface area contributed by atoms with E-state index in [1.54, 1.807) is 6.92 Å². The summed E-state index contributed by atoms with van der Waals surface area (Å²) in [5.41, 5.74) is 0.766. The van der Waals surface area contributed by atoms with E-state index in [0.717, 1.165) is 11.1 Å². The topological polar surface area (TPSA) is 156 Å². The van der Waals surface area contributed by atoms with Gasteiger partial charge in [0, 0.05) is 6.07 Å². The molecule has 0 radical (unpaired) electrons. The second kappa shape index (κ2) is 6.87. The summed E-state index contributed by atoms with van der Waals surface area (Å²) in [5, 5.41) is 30.8. The summed E-state index contributed by atoms with van der Waals surface area (Å²) < 4.78 is 22.7. The molecule has 0 saturated carbocycles. The minimum atomic E-state index is -3.86. The van der Waals surface area contributed by atoms with Gasteiger partial charge in [-0.3, -0.25) is 14.9 Å². The zero-order valence-corrected chi connectivity index (χ0v) is 15.3. The molecular formula is C17H14N4O6S. The molecule has 3 rings (SSSR count). The molecule has 0 aliphatic carbocycles. The first-order valence-corrected chi connectivity index (χ1v) is 9.34. The van der Waals surface area contributed by atoms with Crippen molar-refractivity contribution in [2.45, 2.75) is 11.8 Å². The Kier molecular flexibility index (Phi) is 4.71. The minimum Gasteiger partial charge on any atom is -0.502 e. The molecule has 0 atom stereocenters. The molecule has 0 saturated heterocycles. The number of benzene rings is 2. The molecule has 0 unspecified atom stereocenters. The van der Waals surface area contributed by atoms with Crippen molar-refractivity contribution in [1.29, 1.82) is 0 Å². The Bertz CT molecular complexity index is 1150. The minimum absolute atomic E-state index is 0.101. The first-order valence-electron chi connectivity index (χ1n) is 7.80. The number of phenols is 1. The Morgan fingerprint density at radius 1 is 1.21 bits per heavy atom. The molecule has 0 spiro atoms. The summed E-state index contributed by atoms with van der Waals surface area (Å²) in [6.07, 6.45) is 1.42. The predicted molar refractivity (Wildman–Crippen MR) is 101 cm³/mol. The molecule has 0 aromatic heterocycles. The van der Waals surface area contributed by atoms with Crippen molar-refractivity contribution >= 4 is 39.1 Å². The number of amides is 1. The van der Waals surface area contributed by atoms with Gasteiger partial charge in [0.15, 0.2) is 5.75 Å². The van der Waals surface area contributed by atoms with Gasteiger partial charge in [-0.25, -0.2) is 13.6 Å². The third kappa shape index (κ3) is 3.61. The van der Waals surface area contributed by atoms with Crippen LogP contribution in [0.15, 0.2) is 58.0 Å². The predicted octanol–water partition coefficient (Wildman–Crippen LogP) is 1.75. The Labute approximate surface area is 159 Å². The molecule has 1 heterocycles. The van der Waals surface area contributed by atoms with Crippen molar-refractivity contribution in [3.63, 3.8) is 0 Å². The van der Waals surface area contributed by atoms with Crippen LogP contribution in [0.1, 0.15) is 12.5 Å². The lowest BCUT2D eigenvalue weighted by Crippen LogP contribution is -2.21. The fraction of sp³-hybridized carbons (Fsp3) is 0.0588. The number of nitrogens with two attached hydrogens (primary N) is 1. The first kappa shape index (κ1) is 19.2. The molecule has 0 bridgehead atoms. The van der Waals surface area contributed by atoms with E-state index in [9.17, 15) is 28.4 Å². The number of phenolic OH excluding ortho intramolecular Hbond substituents is 1. The number of anilines is 1. The Morgan fingerprint density at radius 3 is 2.43 bits per heavy atom. The Morgan fingerprint density at radius 2 is 1.86 bits per heavy atom. The molecule has 144 valence electrons. The highest BCUT2D eigenvalue weighted by Crippen LogP contribution is 2.29. The van der Waals surface area contributed by atoms with Crippen LogP contribution in [0, 0.1) is 10.1 Å². The van der Waals surface area contributed by atoms with Crippen LogP contribution >= 0.6 is 0 Å². The number of carbonyl (C=O) groups is 1. The van der Waals surface area contributed by atoms with E-state index in [1.807, 2.05) is 0 Å². The molecule has 1 aliphatic heterocycles. The number of carbonyl (C=O) groups excluding carboxylic acids is 1. The number of nitrogens with zero attached hydrogens (tertiary/aromatic N) is 3. The quantitative estimate of drug-likeness (QED) is 0.451. The number of hydrogen-bond acceptors (Lipinski definition) is 7. The zero-order valence-electron chi connectivity index (χ0n) is 14.4. The van der Waals surface area contributed by atoms with Crippen molar-refractivity contribution in [3.05, 3.63) is 63.7 Å². The van der Waals surface area contributed by atoms with E-state index in [0.29, 0.717) is 17.0 Å². The van der Waals surface area contributed by atoms with Crippen molar-refractivity contribution in [2.24, 2.45) is 10.2 Å². The third-order valence-corrected chi connectivity index (χ3v) is 4.91. The zero-order chi connectivity index (χ0) is 20.6. The second-order valence-electron chi connectivity index (χ2n) is 5.90. The average Bonchev–Trinajstić information content (AvgIpc) is 2.90. The van der Waals surface area contributed by atoms with Gasteiger partial charge in [-0.2, -0.15) is 10.1 Å². The van der Waals surface area contributed by atoms with Gasteiger partial charge < -0.3 is 5.11 Å². The molecule has 1 aliphatic rings. The summed E-state index contributed by atoms with van der Waals surface area (Å²) in [5.74, 6) is -0.969. The van der Waals surface area contributed by atoms with Gasteiger partial charge in [-0.1, -0.05) is 6.07 Å². The molecule has 10 nitrogen and oxygen atoms in total. The van der Waals surface area contributed by atoms with E-state index >= 15 is 0 Å². The average molecular weight is 402 g/mol. The standard InChI is InChI=1S/C17H14N4O6S/c1-10-14(8-11-2-7-16(22)15(9-11)21(24)25)17(23)20(19-10)12-3-5-13(6-4-12)28(18,26)27/h2-9,22H,1H3,(H2,18,26,27)/b14-8-. The van der Waals surface area contributed by atoms with Gasteiger partial charge in [0.2, 0.25) is 10.0 Å². The number of sulfonamides is 1. The number of nitro benzene ring substituents is 1. The monoisotopic (exact) mass is 402 g/mol. The molecule has 11 heteroatoms. The van der Waals surface area contributed by atoms with Crippen molar-refractivity contribution in [1.82, 2.24) is 0 Å². The van der Waals surface area contributed by atoms with E-state index in [4.69, 9.17) is 5.14 Å². The van der Waals surface area contributed by atoms with Gasteiger partial charge >= 0.3 is 5.69 Å². The number of aromatic hydroxyl groups is 1. The maximum absolute atomic E-state index is 12.7. The van der Waals surface area contributed by atoms with Crippen LogP contribution in [0.3, 0.4) is 0 Å². The second-order valence-corrected chi connectivity index (χ2v) is 7.47. The summed E-state index contributed by atoms with van der Waals surface area (Å²) in [4.78, 5) is 22.8. The lowest BCUT2D eigenvalue weighted by atomic mass is 10.1. The fourth-order valence-corrected chi connectivity index (χ4v) is 3.09. The summed E-state index contributed by atoms with van der Waals surface area (Å²) in [6, 6.07) is 9.04. The highest BCUT2D eigenvalue weighted by atomic mass is 32.2. The van der Waals surface area contributed by atoms with E-state index < -0.39 is 32.3 Å². The summed E-state index contributed by atoms with van der Waals surface area (Å²) in [6.45, 7) is 1.59. The van der Waals surface area contributed by atoms with Crippen LogP contribution in [0.5, 0.6) is 5.75 Å². The van der Waals surface area contributed by atoms with Crippen LogP contribution < -0.4 is 10.1 Å². The highest BCUT2D eigenvalue weighted by Gasteiger charge is 2.29. The van der Waals surface area contributed by atoms with Gasteiger partial charge in [0.25, 0.3) is 5.91 Å². The molecule has 2 aromatic carbocycles. The SMILES string of the molecule is CC1=NN(c2ccc(S(N)(=O)=O)cc2)C(=O)/C1=C\c1ccc(O)c([N+](=O)[O-])c1. The third-order valence-electron chi connectivity index (χ3n) is 3.98. The van der Waals surface area contributed by atoms with Crippen LogP contribution in [-0.4, -0.2) is 30.1 Å². The Hall–Kier alpha value is -3.57. The number of primary sulfonamides is 1. The van der Waals surface area contributed by atoms with Gasteiger partial charge in [-0.05, 0) is 48.9 Å². The lowest BCUT2D eigenvalue weighted by Gasteiger charge is -2.12. The number of hydrazone groups is 1. The lowest BCUT2D eigenvalue weighted by molar-refractivity contribution is -0.385. The van der Waals surface area contributed by atoms with Crippen molar-refractivity contribution in [2.75, 3.05) is 5.01 Å². The first-order chi connectivity index (χ1) is 13.1. The smallest absolute Gasteiger partial charge is 0.311 e. The number of hydrogen-bond donors (Lipinski definition) is 2. The highest BCUT2D eigenvalue weighted by molar-refractivity contribution is 7.89. The summed E-state index contributed by atoms with van der Waals surface area (Å²) >= 11 is 0. The molecule has 2 aromatic rings. The number of nitro groups is 1. The van der Waals surface area contributed by atoms with Crippen LogP contribution in [-0.2, 0) is 14.8 Å². The van der Waals surface area contributed by atoms with E-state index in [2.05, 4.69) is 5.10 Å². The summed E-state index contributed by atoms with van der Waals surface area (Å²) in [7, 11) is -3.86. The molecule has 3 N–H and O–H groups in total. The van der Waals surface area contributed by atoms with Crippen LogP contribution in [0.25, 0.3) is 6.08 Å².